The Morgan fingerprint density at radius 2 is 0.370 bits per heavy atom. The smallest absolute Gasteiger partial charge is 0.164 e. The van der Waals surface area contributed by atoms with E-state index in [2.05, 4.69) is 226 Å². The molecule has 0 amide bonds. The van der Waals surface area contributed by atoms with Crippen LogP contribution in [0.25, 0.3) is 135 Å². The summed E-state index contributed by atoms with van der Waals surface area (Å²) in [6.45, 7) is 8.27. The zero-order valence-electron chi connectivity index (χ0n) is 56.3. The highest BCUT2D eigenvalue weighted by atomic mass is 15.0. The lowest BCUT2D eigenvalue weighted by molar-refractivity contribution is 1.07. The van der Waals surface area contributed by atoms with Crippen LogP contribution in [0, 0.1) is 27.7 Å². The number of aromatic nitrogens is 7. The molecule has 12 aromatic carbocycles. The van der Waals surface area contributed by atoms with E-state index in [1.807, 2.05) is 172 Å². The third kappa shape index (κ3) is 17.2. The molecule has 0 aliphatic carbocycles. The maximum absolute atomic E-state index is 4.83. The Bertz CT molecular complexity index is 4830. The topological polar surface area (TPSA) is 90.2 Å². The monoisotopic (exact) mass is 1290 g/mol. The van der Waals surface area contributed by atoms with E-state index in [9.17, 15) is 0 Å². The molecule has 480 valence electrons. The number of hydrogen-bond donors (Lipinski definition) is 0. The Morgan fingerprint density at radius 3 is 0.730 bits per heavy atom. The number of hydrogen-bond acceptors (Lipinski definition) is 7. The van der Waals surface area contributed by atoms with E-state index in [1.165, 1.54) is 55.6 Å². The van der Waals surface area contributed by atoms with Gasteiger partial charge < -0.3 is 0 Å². The van der Waals surface area contributed by atoms with Gasteiger partial charge in [-0.3, -0.25) is 9.97 Å². The van der Waals surface area contributed by atoms with Gasteiger partial charge >= 0.3 is 0 Å². The fraction of sp³-hybridized carbons (Fsp3) is 0.0430. The van der Waals surface area contributed by atoms with Crippen LogP contribution in [0.5, 0.6) is 0 Å². The van der Waals surface area contributed by atoms with Crippen molar-refractivity contribution in [2.24, 2.45) is 0 Å². The molecule has 7 nitrogen and oxygen atoms in total. The minimum absolute atomic E-state index is 0.686. The maximum atomic E-state index is 4.83. The van der Waals surface area contributed by atoms with Gasteiger partial charge in [0.05, 0.1) is 22.8 Å². The van der Waals surface area contributed by atoms with Gasteiger partial charge in [-0.05, 0) is 115 Å². The number of nitrogens with zero attached hydrogens (tertiary/aromatic N) is 7. The van der Waals surface area contributed by atoms with E-state index in [1.54, 1.807) is 0 Å². The third-order valence-electron chi connectivity index (χ3n) is 16.8. The SMILES string of the molecule is Cc1cc(-c2ccc(-c3ccccc3)cc2)cc(-c2ccccc2)n1.Cc1cc(-c2ccccc2)cc(-c2ccc(-c3ccccc3)cc2)n1.Cc1cccc(-c2cc(-c3ccccc3)nc(-c3ccccc3)n2)c1.Cc1cccc(-c2nc(-c3ccccc3)nc(-c3ccccc3)n2)c1. The number of rotatable bonds is 12. The molecular weight excluding hydrogens is 1220 g/mol. The lowest BCUT2D eigenvalue weighted by Gasteiger charge is -2.09. The summed E-state index contributed by atoms with van der Waals surface area (Å²) in [5, 5.41) is 0. The van der Waals surface area contributed by atoms with Crippen LogP contribution in [-0.2, 0) is 0 Å². The highest BCUT2D eigenvalue weighted by Gasteiger charge is 2.15. The molecule has 16 aromatic rings. The molecule has 0 aliphatic heterocycles. The summed E-state index contributed by atoms with van der Waals surface area (Å²) in [6.07, 6.45) is 0. The van der Waals surface area contributed by atoms with Crippen molar-refractivity contribution in [1.29, 1.82) is 0 Å². The van der Waals surface area contributed by atoms with E-state index < -0.39 is 0 Å². The van der Waals surface area contributed by atoms with Crippen molar-refractivity contribution in [1.82, 2.24) is 34.9 Å². The standard InChI is InChI=1S/2C24H19N.C23H18N2.C22H17N3/c1-18-16-23(17-24(25-18)22-10-6-3-7-11-22)21-14-12-20(13-15-21)19-8-4-2-5-9-19;1-18-16-23(20-10-6-3-7-11-20)17-24(25-18)22-14-12-21(13-15-22)19-8-4-2-5-9-19;1-17-9-8-14-20(15-17)22-16-21(18-10-4-2-5-11-18)24-23(25-22)19-12-6-3-7-13-19;1-16-9-8-14-19(15-16)22-24-20(17-10-4-2-5-11-17)23-21(25-22)18-12-6-3-7-13-18/h2*2-17H,1H3;2-16H,1H3;2-15H,1H3. The molecule has 7 heteroatoms. The molecule has 0 unspecified atom stereocenters. The minimum atomic E-state index is 0.686. The quantitative estimate of drug-likeness (QED) is 0.120. The summed E-state index contributed by atoms with van der Waals surface area (Å²) in [4.78, 5) is 33.2. The second-order valence-corrected chi connectivity index (χ2v) is 24.4. The zero-order valence-corrected chi connectivity index (χ0v) is 56.3. The first-order valence-corrected chi connectivity index (χ1v) is 33.6. The minimum Gasteiger partial charge on any atom is -0.253 e. The second-order valence-electron chi connectivity index (χ2n) is 24.4. The number of pyridine rings is 2. The molecule has 100 heavy (non-hydrogen) atoms. The molecular formula is C93H73N7. The largest absolute Gasteiger partial charge is 0.253 e. The van der Waals surface area contributed by atoms with Gasteiger partial charge in [0.2, 0.25) is 0 Å². The Hall–Kier alpha value is -13.0. The lowest BCUT2D eigenvalue weighted by Crippen LogP contribution is -2.00. The maximum Gasteiger partial charge on any atom is 0.164 e. The molecule has 0 bridgehead atoms. The summed E-state index contributed by atoms with van der Waals surface area (Å²) >= 11 is 0. The van der Waals surface area contributed by atoms with Crippen LogP contribution in [0.2, 0.25) is 0 Å². The Kier molecular flexibility index (Phi) is 21.1. The molecule has 0 spiro atoms. The van der Waals surface area contributed by atoms with E-state index in [-0.39, 0.29) is 0 Å². The first-order chi connectivity index (χ1) is 49.2. The molecule has 0 N–H and O–H groups in total. The fourth-order valence-electron chi connectivity index (χ4n) is 11.7. The van der Waals surface area contributed by atoms with Gasteiger partial charge in [-0.15, -0.1) is 0 Å². The van der Waals surface area contributed by atoms with Gasteiger partial charge in [0.15, 0.2) is 23.3 Å². The number of benzene rings is 12. The summed E-state index contributed by atoms with van der Waals surface area (Å²) in [5.74, 6) is 2.81. The average Bonchev–Trinajstić information content (AvgIpc) is 0.848. The van der Waals surface area contributed by atoms with Crippen LogP contribution in [-0.4, -0.2) is 34.9 Å². The lowest BCUT2D eigenvalue weighted by atomic mass is 9.99. The van der Waals surface area contributed by atoms with Crippen molar-refractivity contribution in [2.75, 3.05) is 0 Å². The van der Waals surface area contributed by atoms with Crippen LogP contribution >= 0.6 is 0 Å². The Labute approximate surface area is 586 Å². The van der Waals surface area contributed by atoms with Crippen LogP contribution < -0.4 is 0 Å². The van der Waals surface area contributed by atoms with Gasteiger partial charge in [0.25, 0.3) is 0 Å². The van der Waals surface area contributed by atoms with Crippen LogP contribution in [0.4, 0.5) is 0 Å². The summed E-state index contributed by atoms with van der Waals surface area (Å²) in [7, 11) is 0. The highest BCUT2D eigenvalue weighted by molar-refractivity contribution is 5.77. The predicted octanol–water partition coefficient (Wildman–Crippen LogP) is 23.7. The second kappa shape index (κ2) is 32.2. The molecule has 0 radical (unpaired) electrons. The molecule has 4 aromatic heterocycles. The van der Waals surface area contributed by atoms with Crippen molar-refractivity contribution >= 4 is 0 Å². The van der Waals surface area contributed by atoms with Gasteiger partial charge in [0.1, 0.15) is 0 Å². The molecule has 0 atom stereocenters. The zero-order chi connectivity index (χ0) is 68.2. The first kappa shape index (κ1) is 65.7. The van der Waals surface area contributed by atoms with Gasteiger partial charge in [-0.25, -0.2) is 24.9 Å². The molecule has 0 saturated heterocycles. The fourth-order valence-corrected chi connectivity index (χ4v) is 11.7. The molecule has 0 fully saturated rings. The van der Waals surface area contributed by atoms with E-state index in [0.29, 0.717) is 17.5 Å². The van der Waals surface area contributed by atoms with E-state index >= 15 is 0 Å². The molecule has 0 aliphatic rings. The predicted molar refractivity (Wildman–Crippen MR) is 415 cm³/mol. The van der Waals surface area contributed by atoms with Crippen molar-refractivity contribution in [2.45, 2.75) is 27.7 Å². The van der Waals surface area contributed by atoms with Crippen molar-refractivity contribution in [3.05, 3.63) is 393 Å². The van der Waals surface area contributed by atoms with Gasteiger partial charge in [-0.1, -0.05) is 339 Å². The Morgan fingerprint density at radius 1 is 0.140 bits per heavy atom. The normalized spacial score (nSPS) is 10.6. The summed E-state index contributed by atoms with van der Waals surface area (Å²) in [6, 6.07) is 127. The first-order valence-electron chi connectivity index (χ1n) is 33.6. The summed E-state index contributed by atoms with van der Waals surface area (Å²) in [5.41, 5.74) is 26.6. The van der Waals surface area contributed by atoms with E-state index in [4.69, 9.17) is 34.9 Å². The van der Waals surface area contributed by atoms with Gasteiger partial charge in [-0.2, -0.15) is 0 Å². The Balaban J connectivity index is 0.000000119. The third-order valence-corrected chi connectivity index (χ3v) is 16.8. The number of aryl methyl sites for hydroxylation is 4. The van der Waals surface area contributed by atoms with Crippen LogP contribution in [0.15, 0.2) is 370 Å². The highest BCUT2D eigenvalue weighted by Crippen LogP contribution is 2.33. The molecule has 16 rings (SSSR count). The van der Waals surface area contributed by atoms with E-state index in [0.717, 1.165) is 84.5 Å². The average molecular weight is 1290 g/mol. The molecule has 0 saturated carbocycles. The van der Waals surface area contributed by atoms with Gasteiger partial charge in [0, 0.05) is 55.9 Å². The van der Waals surface area contributed by atoms with Crippen LogP contribution in [0.3, 0.4) is 0 Å². The van der Waals surface area contributed by atoms with Crippen molar-refractivity contribution in [3.8, 4) is 135 Å². The molecule has 4 heterocycles. The van der Waals surface area contributed by atoms with Crippen molar-refractivity contribution < 1.29 is 0 Å². The van der Waals surface area contributed by atoms with Crippen LogP contribution in [0.1, 0.15) is 22.5 Å². The van der Waals surface area contributed by atoms with Crippen molar-refractivity contribution in [3.63, 3.8) is 0 Å². The summed E-state index contributed by atoms with van der Waals surface area (Å²) < 4.78 is 0.